The van der Waals surface area contributed by atoms with Crippen LogP contribution in [-0.2, 0) is 19.1 Å². The Bertz CT molecular complexity index is 1030. The Morgan fingerprint density at radius 1 is 1.25 bits per heavy atom. The molecule has 6 atom stereocenters. The summed E-state index contributed by atoms with van der Waals surface area (Å²) >= 11 is 6.41. The molecular formula is C27H38ClN3O5. The molecule has 1 aromatic carbocycles. The number of anilines is 1. The first-order valence-electron chi connectivity index (χ1n) is 13.0. The molecule has 3 aliphatic heterocycles. The number of benzene rings is 1. The van der Waals surface area contributed by atoms with Crippen molar-refractivity contribution in [3.05, 3.63) is 28.8 Å². The molecule has 8 nitrogen and oxygen atoms in total. The minimum Gasteiger partial charge on any atom is -0.394 e. The third-order valence-electron chi connectivity index (χ3n) is 8.48. The van der Waals surface area contributed by atoms with Gasteiger partial charge in [0.15, 0.2) is 0 Å². The Balaban J connectivity index is 1.82. The maximum atomic E-state index is 14.2. The largest absolute Gasteiger partial charge is 0.394 e. The first-order valence-corrected chi connectivity index (χ1v) is 13.4. The van der Waals surface area contributed by atoms with Crippen LogP contribution in [0.3, 0.4) is 0 Å². The van der Waals surface area contributed by atoms with Crippen LogP contribution in [-0.4, -0.2) is 64.2 Å². The number of aryl methyl sites for hydroxylation is 1. The predicted molar refractivity (Wildman–Crippen MR) is 138 cm³/mol. The van der Waals surface area contributed by atoms with Crippen LogP contribution >= 0.6 is 11.6 Å². The van der Waals surface area contributed by atoms with E-state index >= 15 is 0 Å². The molecule has 36 heavy (non-hydrogen) atoms. The zero-order valence-corrected chi connectivity index (χ0v) is 22.5. The average molecular weight is 520 g/mol. The minimum atomic E-state index is -1.15. The lowest BCUT2D eigenvalue weighted by molar-refractivity contribution is -0.150. The van der Waals surface area contributed by atoms with Gasteiger partial charge in [-0.3, -0.25) is 14.4 Å². The van der Waals surface area contributed by atoms with Crippen molar-refractivity contribution < 1.29 is 24.2 Å². The first-order chi connectivity index (χ1) is 17.1. The van der Waals surface area contributed by atoms with Gasteiger partial charge < -0.3 is 25.4 Å². The molecule has 0 aromatic heterocycles. The molecule has 4 rings (SSSR count). The maximum Gasteiger partial charge on any atom is 0.250 e. The molecule has 2 bridgehead atoms. The fraction of sp³-hybridized carbons (Fsp3) is 0.667. The average Bonchev–Trinajstić information content (AvgIpc) is 3.44. The van der Waals surface area contributed by atoms with Crippen LogP contribution in [0.25, 0.3) is 0 Å². The summed E-state index contributed by atoms with van der Waals surface area (Å²) in [6.07, 6.45) is 2.41. The highest BCUT2D eigenvalue weighted by Gasteiger charge is 2.79. The van der Waals surface area contributed by atoms with E-state index in [0.29, 0.717) is 36.5 Å². The molecular weight excluding hydrogens is 482 g/mol. The van der Waals surface area contributed by atoms with Crippen LogP contribution in [0.5, 0.6) is 0 Å². The smallest absolute Gasteiger partial charge is 0.250 e. The summed E-state index contributed by atoms with van der Waals surface area (Å²) < 4.78 is 6.74. The number of carbonyl (C=O) groups is 3. The number of ether oxygens (including phenoxy) is 1. The molecule has 9 heteroatoms. The lowest BCUT2D eigenvalue weighted by Gasteiger charge is -2.38. The van der Waals surface area contributed by atoms with Crippen molar-refractivity contribution in [3.63, 3.8) is 0 Å². The van der Waals surface area contributed by atoms with E-state index in [1.807, 2.05) is 40.7 Å². The number of nitrogens with one attached hydrogen (secondary N) is 2. The number of rotatable bonds is 9. The fourth-order valence-electron chi connectivity index (χ4n) is 6.67. The van der Waals surface area contributed by atoms with Crippen molar-refractivity contribution >= 4 is 35.0 Å². The highest BCUT2D eigenvalue weighted by Crippen LogP contribution is 2.64. The molecule has 3 N–H and O–H groups in total. The molecule has 3 heterocycles. The zero-order chi connectivity index (χ0) is 26.4. The molecule has 3 fully saturated rings. The van der Waals surface area contributed by atoms with E-state index in [0.717, 1.165) is 12.0 Å². The van der Waals surface area contributed by atoms with Gasteiger partial charge in [0.2, 0.25) is 17.7 Å². The van der Waals surface area contributed by atoms with E-state index in [2.05, 4.69) is 10.6 Å². The molecule has 0 aliphatic carbocycles. The van der Waals surface area contributed by atoms with E-state index in [1.165, 1.54) is 4.90 Å². The molecule has 3 amide bonds. The van der Waals surface area contributed by atoms with Gasteiger partial charge in [0.25, 0.3) is 0 Å². The van der Waals surface area contributed by atoms with Crippen molar-refractivity contribution in [1.29, 1.82) is 0 Å². The molecule has 3 aliphatic rings. The summed E-state index contributed by atoms with van der Waals surface area (Å²) in [7, 11) is 0. The van der Waals surface area contributed by atoms with Gasteiger partial charge in [-0.1, -0.05) is 51.4 Å². The molecule has 0 radical (unpaired) electrons. The Morgan fingerprint density at radius 2 is 1.97 bits per heavy atom. The summed E-state index contributed by atoms with van der Waals surface area (Å²) in [4.78, 5) is 43.2. The van der Waals surface area contributed by atoms with Crippen LogP contribution < -0.4 is 10.6 Å². The Morgan fingerprint density at radius 3 is 2.56 bits per heavy atom. The second-order valence-electron chi connectivity index (χ2n) is 10.8. The molecule has 2 unspecified atom stereocenters. The molecule has 3 saturated heterocycles. The van der Waals surface area contributed by atoms with Crippen molar-refractivity contribution in [2.45, 2.75) is 83.6 Å². The van der Waals surface area contributed by atoms with E-state index in [-0.39, 0.29) is 24.3 Å². The zero-order valence-electron chi connectivity index (χ0n) is 21.8. The topological polar surface area (TPSA) is 108 Å². The van der Waals surface area contributed by atoms with Crippen molar-refractivity contribution in [1.82, 2.24) is 10.2 Å². The lowest BCUT2D eigenvalue weighted by Crippen LogP contribution is -2.57. The highest BCUT2D eigenvalue weighted by molar-refractivity contribution is 6.34. The number of hydrogen-bond acceptors (Lipinski definition) is 5. The van der Waals surface area contributed by atoms with Gasteiger partial charge in [-0.15, -0.1) is 0 Å². The van der Waals surface area contributed by atoms with E-state index in [1.54, 1.807) is 12.1 Å². The SMILES string of the molecule is CCCNC(=O)[C@@H]1[C@H]2C(=O)N([C@@H](CO)C(C)C)C(C(=O)Nc3c(C)cccc3Cl)C23CC[C@@]1(CC)O3. The summed E-state index contributed by atoms with van der Waals surface area (Å²) in [5.41, 5.74) is -0.670. The summed E-state index contributed by atoms with van der Waals surface area (Å²) in [6, 6.07) is 3.76. The number of nitrogens with zero attached hydrogens (tertiary/aromatic N) is 1. The first kappa shape index (κ1) is 26.9. The maximum absolute atomic E-state index is 14.2. The molecule has 1 aromatic rings. The van der Waals surface area contributed by atoms with E-state index < -0.39 is 41.0 Å². The number of likely N-dealkylation sites (tertiary alicyclic amines) is 1. The number of hydrogen-bond donors (Lipinski definition) is 3. The Labute approximate surface area is 218 Å². The number of para-hydroxylation sites is 1. The lowest BCUT2D eigenvalue weighted by atomic mass is 9.65. The van der Waals surface area contributed by atoms with Crippen LogP contribution in [0.4, 0.5) is 5.69 Å². The summed E-state index contributed by atoms with van der Waals surface area (Å²) in [5.74, 6) is -2.51. The van der Waals surface area contributed by atoms with Gasteiger partial charge in [0.1, 0.15) is 11.6 Å². The van der Waals surface area contributed by atoms with Gasteiger partial charge >= 0.3 is 0 Å². The van der Waals surface area contributed by atoms with Crippen LogP contribution in [0.2, 0.25) is 5.02 Å². The monoisotopic (exact) mass is 519 g/mol. The third-order valence-corrected chi connectivity index (χ3v) is 8.80. The van der Waals surface area contributed by atoms with Crippen LogP contribution in [0.1, 0.15) is 58.9 Å². The van der Waals surface area contributed by atoms with E-state index in [9.17, 15) is 19.5 Å². The van der Waals surface area contributed by atoms with Crippen molar-refractivity contribution in [3.8, 4) is 0 Å². The third kappa shape index (κ3) is 3.92. The summed E-state index contributed by atoms with van der Waals surface area (Å²) in [5, 5.41) is 16.6. The molecule has 0 saturated carbocycles. The molecule has 1 spiro atoms. The van der Waals surface area contributed by atoms with Gasteiger partial charge in [-0.05, 0) is 50.2 Å². The van der Waals surface area contributed by atoms with Crippen molar-refractivity contribution in [2.24, 2.45) is 17.8 Å². The number of fused-ring (bicyclic) bond motifs is 1. The highest BCUT2D eigenvalue weighted by atomic mass is 35.5. The second-order valence-corrected chi connectivity index (χ2v) is 11.2. The normalized spacial score (nSPS) is 31.6. The second kappa shape index (κ2) is 9.95. The molecule has 198 valence electrons. The Kier molecular flexibility index (Phi) is 7.43. The number of carbonyl (C=O) groups excluding carboxylic acids is 3. The van der Waals surface area contributed by atoms with Crippen LogP contribution in [0, 0.1) is 24.7 Å². The minimum absolute atomic E-state index is 0.115. The summed E-state index contributed by atoms with van der Waals surface area (Å²) in [6.45, 7) is 9.82. The van der Waals surface area contributed by atoms with Gasteiger partial charge in [-0.2, -0.15) is 0 Å². The fourth-order valence-corrected chi connectivity index (χ4v) is 6.94. The number of halogens is 1. The van der Waals surface area contributed by atoms with Crippen molar-refractivity contribution in [2.75, 3.05) is 18.5 Å². The predicted octanol–water partition coefficient (Wildman–Crippen LogP) is 3.28. The van der Waals surface area contributed by atoms with E-state index in [4.69, 9.17) is 16.3 Å². The van der Waals surface area contributed by atoms with Gasteiger partial charge in [-0.25, -0.2) is 0 Å². The Hall–Kier alpha value is -2.16. The standard InChI is InChI=1S/C27H38ClN3O5/c1-6-13-29-23(33)19-20-25(35)31(18(14-32)15(3)4)22(27(20)12-11-26(19,7-2)36-27)24(34)30-21-16(5)9-8-10-17(21)28/h8-10,15,18-20,22,32H,6-7,11-14H2,1-5H3,(H,29,33)(H,30,34)/t18-,19-,20-,22?,26+,27?/m0/s1. The van der Waals surface area contributed by atoms with Gasteiger partial charge in [0.05, 0.1) is 40.8 Å². The quantitative estimate of drug-likeness (QED) is 0.464. The number of amides is 3. The van der Waals surface area contributed by atoms with Crippen LogP contribution in [0.15, 0.2) is 18.2 Å². The number of aliphatic hydroxyl groups excluding tert-OH is 1. The van der Waals surface area contributed by atoms with Gasteiger partial charge in [0, 0.05) is 6.54 Å². The number of aliphatic hydroxyl groups is 1.